The average molecular weight is 374 g/mol. The van der Waals surface area contributed by atoms with Crippen LogP contribution in [0, 0.1) is 13.8 Å². The molecule has 1 aliphatic rings. The number of piperidine rings is 1. The molecule has 0 aliphatic carbocycles. The van der Waals surface area contributed by atoms with Crippen molar-refractivity contribution in [3.8, 4) is 0 Å². The Hall–Kier alpha value is -1.65. The van der Waals surface area contributed by atoms with E-state index in [0.717, 1.165) is 37.7 Å². The fourth-order valence-corrected chi connectivity index (χ4v) is 5.24. The predicted molar refractivity (Wildman–Crippen MR) is 109 cm³/mol. The summed E-state index contributed by atoms with van der Waals surface area (Å²) in [7, 11) is -3.41. The molecule has 2 aromatic carbocycles. The molecule has 0 radical (unpaired) electrons. The summed E-state index contributed by atoms with van der Waals surface area (Å²) in [6, 6.07) is 15.9. The molecular formula is C22H31NO2S. The van der Waals surface area contributed by atoms with Crippen LogP contribution in [0.4, 0.5) is 0 Å². The van der Waals surface area contributed by atoms with Gasteiger partial charge in [-0.3, -0.25) is 0 Å². The number of benzene rings is 2. The van der Waals surface area contributed by atoms with Crippen LogP contribution in [0.5, 0.6) is 0 Å². The summed E-state index contributed by atoms with van der Waals surface area (Å²) in [5, 5.41) is 0. The average Bonchev–Trinajstić information content (AvgIpc) is 2.62. The van der Waals surface area contributed by atoms with E-state index in [1.165, 1.54) is 11.1 Å². The van der Waals surface area contributed by atoms with E-state index in [2.05, 4.69) is 31.2 Å². The summed E-state index contributed by atoms with van der Waals surface area (Å²) in [4.78, 5) is 0.417. The van der Waals surface area contributed by atoms with E-state index in [1.54, 1.807) is 16.4 Å². The van der Waals surface area contributed by atoms with Crippen LogP contribution in [0.25, 0.3) is 0 Å². The summed E-state index contributed by atoms with van der Waals surface area (Å²) in [5.74, 6) is 0. The van der Waals surface area contributed by atoms with Crippen LogP contribution >= 0.6 is 0 Å². The summed E-state index contributed by atoms with van der Waals surface area (Å²) >= 11 is 0. The molecule has 26 heavy (non-hydrogen) atoms. The van der Waals surface area contributed by atoms with Gasteiger partial charge in [-0.1, -0.05) is 61.4 Å². The third-order valence-electron chi connectivity index (χ3n) is 5.09. The second-order valence-corrected chi connectivity index (χ2v) is 8.99. The molecular weight excluding hydrogens is 342 g/mol. The van der Waals surface area contributed by atoms with Gasteiger partial charge in [-0.15, -0.1) is 0 Å². The van der Waals surface area contributed by atoms with Crippen LogP contribution in [0.15, 0.2) is 53.4 Å². The van der Waals surface area contributed by atoms with Crippen molar-refractivity contribution in [1.82, 2.24) is 4.31 Å². The first-order chi connectivity index (χ1) is 12.0. The second-order valence-electron chi connectivity index (χ2n) is 7.10. The molecule has 2 aromatic rings. The first-order valence-electron chi connectivity index (χ1n) is 9.11. The lowest BCUT2D eigenvalue weighted by molar-refractivity contribution is 0.241. The van der Waals surface area contributed by atoms with E-state index in [0.29, 0.717) is 11.4 Å². The Labute approximate surface area is 159 Å². The van der Waals surface area contributed by atoms with Gasteiger partial charge in [0.15, 0.2) is 0 Å². The molecule has 0 aromatic heterocycles. The molecule has 1 saturated heterocycles. The quantitative estimate of drug-likeness (QED) is 0.730. The molecule has 3 nitrogen and oxygen atoms in total. The largest absolute Gasteiger partial charge is 0.243 e. The highest BCUT2D eigenvalue weighted by Crippen LogP contribution is 2.28. The SMILES string of the molecule is C.Cc1ccc(CCC2CCCCN2S(=O)(=O)c2ccc(C)cc2)cc1. The van der Waals surface area contributed by atoms with Crippen LogP contribution < -0.4 is 0 Å². The second kappa shape index (κ2) is 8.83. The minimum Gasteiger partial charge on any atom is -0.207 e. The van der Waals surface area contributed by atoms with Gasteiger partial charge in [-0.05, 0) is 57.2 Å². The fourth-order valence-electron chi connectivity index (χ4n) is 3.51. The van der Waals surface area contributed by atoms with Crippen molar-refractivity contribution in [2.24, 2.45) is 0 Å². The molecule has 1 heterocycles. The minimum absolute atomic E-state index is 0. The van der Waals surface area contributed by atoms with Gasteiger partial charge in [0.25, 0.3) is 0 Å². The maximum absolute atomic E-state index is 13.1. The van der Waals surface area contributed by atoms with Gasteiger partial charge in [0.1, 0.15) is 0 Å². The third-order valence-corrected chi connectivity index (χ3v) is 7.05. The first kappa shape index (κ1) is 20.7. The van der Waals surface area contributed by atoms with Crippen molar-refractivity contribution in [3.05, 3.63) is 65.2 Å². The first-order valence-corrected chi connectivity index (χ1v) is 10.5. The van der Waals surface area contributed by atoms with Crippen molar-refractivity contribution in [2.75, 3.05) is 6.54 Å². The Kier molecular flexibility index (Phi) is 7.01. The lowest BCUT2D eigenvalue weighted by atomic mass is 9.97. The summed E-state index contributed by atoms with van der Waals surface area (Å²) in [5.41, 5.74) is 3.61. The number of hydrogen-bond acceptors (Lipinski definition) is 2. The van der Waals surface area contributed by atoms with Gasteiger partial charge in [0, 0.05) is 12.6 Å². The van der Waals surface area contributed by atoms with E-state index >= 15 is 0 Å². The van der Waals surface area contributed by atoms with Crippen LogP contribution in [-0.4, -0.2) is 25.3 Å². The summed E-state index contributed by atoms with van der Waals surface area (Å²) in [6.45, 7) is 4.69. The van der Waals surface area contributed by atoms with Gasteiger partial charge in [-0.2, -0.15) is 4.31 Å². The summed E-state index contributed by atoms with van der Waals surface area (Å²) in [6.07, 6.45) is 4.82. The molecule has 1 unspecified atom stereocenters. The highest BCUT2D eigenvalue weighted by molar-refractivity contribution is 7.89. The molecule has 1 atom stereocenters. The summed E-state index contributed by atoms with van der Waals surface area (Å²) < 4.78 is 27.9. The van der Waals surface area contributed by atoms with Crippen LogP contribution in [0.2, 0.25) is 0 Å². The van der Waals surface area contributed by atoms with E-state index in [-0.39, 0.29) is 13.5 Å². The molecule has 3 rings (SSSR count). The number of sulfonamides is 1. The van der Waals surface area contributed by atoms with Crippen molar-refractivity contribution in [3.63, 3.8) is 0 Å². The van der Waals surface area contributed by atoms with Crippen LogP contribution in [0.3, 0.4) is 0 Å². The van der Waals surface area contributed by atoms with Gasteiger partial charge < -0.3 is 0 Å². The zero-order valence-electron chi connectivity index (χ0n) is 15.1. The molecule has 0 amide bonds. The van der Waals surface area contributed by atoms with Crippen molar-refractivity contribution in [2.45, 2.75) is 64.3 Å². The van der Waals surface area contributed by atoms with Crippen molar-refractivity contribution >= 4 is 10.0 Å². The number of nitrogens with zero attached hydrogens (tertiary/aromatic N) is 1. The molecule has 0 saturated carbocycles. The van der Waals surface area contributed by atoms with Crippen molar-refractivity contribution < 1.29 is 8.42 Å². The van der Waals surface area contributed by atoms with E-state index in [4.69, 9.17) is 0 Å². The molecule has 0 N–H and O–H groups in total. The Balaban J connectivity index is 0.00000243. The minimum atomic E-state index is -3.41. The Morgan fingerprint density at radius 3 is 2.12 bits per heavy atom. The standard InChI is InChI=1S/C21H27NO2S.CH4/c1-17-6-10-19(11-7-17)12-13-20-5-3-4-16-22(20)25(23,24)21-14-8-18(2)9-15-21;/h6-11,14-15,20H,3-5,12-13,16H2,1-2H3;1H4. The highest BCUT2D eigenvalue weighted by Gasteiger charge is 2.33. The topological polar surface area (TPSA) is 37.4 Å². The molecule has 4 heteroatoms. The molecule has 1 fully saturated rings. The zero-order valence-corrected chi connectivity index (χ0v) is 15.9. The normalized spacial score (nSPS) is 18.3. The molecule has 142 valence electrons. The Bertz CT molecular complexity index is 795. The predicted octanol–water partition coefficient (Wildman–Crippen LogP) is 5.12. The highest BCUT2D eigenvalue weighted by atomic mass is 32.2. The van der Waals surface area contributed by atoms with Gasteiger partial charge >= 0.3 is 0 Å². The van der Waals surface area contributed by atoms with Crippen LogP contribution in [0.1, 0.15) is 49.8 Å². The van der Waals surface area contributed by atoms with Gasteiger partial charge in [0.05, 0.1) is 4.90 Å². The van der Waals surface area contributed by atoms with Gasteiger partial charge in [0.2, 0.25) is 10.0 Å². The molecule has 0 spiro atoms. The molecule has 0 bridgehead atoms. The Morgan fingerprint density at radius 2 is 1.50 bits per heavy atom. The van der Waals surface area contributed by atoms with E-state index in [9.17, 15) is 8.42 Å². The number of rotatable bonds is 5. The Morgan fingerprint density at radius 1 is 0.923 bits per heavy atom. The van der Waals surface area contributed by atoms with Crippen molar-refractivity contribution in [1.29, 1.82) is 0 Å². The fraction of sp³-hybridized carbons (Fsp3) is 0.455. The maximum Gasteiger partial charge on any atom is 0.243 e. The maximum atomic E-state index is 13.1. The third kappa shape index (κ3) is 4.74. The number of aryl methyl sites for hydroxylation is 3. The molecule has 1 aliphatic heterocycles. The lowest BCUT2D eigenvalue weighted by Gasteiger charge is -2.35. The van der Waals surface area contributed by atoms with Gasteiger partial charge in [-0.25, -0.2) is 8.42 Å². The van der Waals surface area contributed by atoms with E-state index in [1.807, 2.05) is 19.1 Å². The lowest BCUT2D eigenvalue weighted by Crippen LogP contribution is -2.43. The zero-order chi connectivity index (χ0) is 17.9. The van der Waals surface area contributed by atoms with Crippen LogP contribution in [-0.2, 0) is 16.4 Å². The number of hydrogen-bond donors (Lipinski definition) is 0. The smallest absolute Gasteiger partial charge is 0.207 e. The van der Waals surface area contributed by atoms with E-state index < -0.39 is 10.0 Å². The monoisotopic (exact) mass is 373 g/mol.